The Bertz CT molecular complexity index is 807. The van der Waals surface area contributed by atoms with Crippen LogP contribution >= 0.6 is 0 Å². The van der Waals surface area contributed by atoms with E-state index >= 15 is 0 Å². The molecule has 0 atom stereocenters. The molecule has 0 aliphatic heterocycles. The van der Waals surface area contributed by atoms with Gasteiger partial charge in [0.15, 0.2) is 0 Å². The number of para-hydroxylation sites is 2. The quantitative estimate of drug-likeness (QED) is 0.772. The summed E-state index contributed by atoms with van der Waals surface area (Å²) in [6, 6.07) is 11.3. The van der Waals surface area contributed by atoms with E-state index in [0.29, 0.717) is 11.8 Å². The summed E-state index contributed by atoms with van der Waals surface area (Å²) >= 11 is 0. The predicted molar refractivity (Wildman–Crippen MR) is 86.4 cm³/mol. The standard InChI is InChI=1S/C16H17N5O/c1-2-11-7-8-14(18-9-11)20-15(22)10-21-13-6-4-3-5-12(13)19-16(21)17/h3-9H,2,10H2,1H3,(H2,17,19)(H,18,20,22). The maximum absolute atomic E-state index is 12.2. The van der Waals surface area contributed by atoms with Crippen LogP contribution in [-0.2, 0) is 17.8 Å². The summed E-state index contributed by atoms with van der Waals surface area (Å²) < 4.78 is 1.69. The number of amides is 1. The van der Waals surface area contributed by atoms with Gasteiger partial charge < -0.3 is 15.6 Å². The molecule has 0 aliphatic carbocycles. The number of hydrogen-bond acceptors (Lipinski definition) is 4. The minimum atomic E-state index is -0.188. The van der Waals surface area contributed by atoms with Gasteiger partial charge in [0.2, 0.25) is 11.9 Å². The number of nitrogens with one attached hydrogen (secondary N) is 1. The Balaban J connectivity index is 1.76. The molecule has 1 amide bonds. The van der Waals surface area contributed by atoms with Crippen molar-refractivity contribution in [1.82, 2.24) is 14.5 Å². The first-order valence-electron chi connectivity index (χ1n) is 7.13. The first kappa shape index (κ1) is 14.1. The lowest BCUT2D eigenvalue weighted by Gasteiger charge is -2.08. The van der Waals surface area contributed by atoms with Gasteiger partial charge in [-0.1, -0.05) is 25.1 Å². The molecule has 3 aromatic rings. The Labute approximate surface area is 128 Å². The predicted octanol–water partition coefficient (Wildman–Crippen LogP) is 2.21. The summed E-state index contributed by atoms with van der Waals surface area (Å²) in [4.78, 5) is 20.6. The van der Waals surface area contributed by atoms with Crippen molar-refractivity contribution < 1.29 is 4.79 Å². The molecule has 0 fully saturated rings. The van der Waals surface area contributed by atoms with Crippen LogP contribution in [-0.4, -0.2) is 20.4 Å². The van der Waals surface area contributed by atoms with Crippen LogP contribution in [0.5, 0.6) is 0 Å². The van der Waals surface area contributed by atoms with E-state index in [4.69, 9.17) is 5.73 Å². The Morgan fingerprint density at radius 1 is 1.27 bits per heavy atom. The maximum Gasteiger partial charge on any atom is 0.245 e. The number of pyridine rings is 1. The monoisotopic (exact) mass is 295 g/mol. The van der Waals surface area contributed by atoms with E-state index < -0.39 is 0 Å². The highest BCUT2D eigenvalue weighted by atomic mass is 16.2. The van der Waals surface area contributed by atoms with Crippen molar-refractivity contribution in [3.05, 3.63) is 48.2 Å². The molecule has 6 nitrogen and oxygen atoms in total. The van der Waals surface area contributed by atoms with Gasteiger partial charge in [0.25, 0.3) is 0 Å². The molecule has 0 bridgehead atoms. The van der Waals surface area contributed by atoms with Crippen LogP contribution < -0.4 is 11.1 Å². The summed E-state index contributed by atoms with van der Waals surface area (Å²) in [5, 5.41) is 2.77. The smallest absolute Gasteiger partial charge is 0.245 e. The largest absolute Gasteiger partial charge is 0.369 e. The average Bonchev–Trinajstić information content (AvgIpc) is 2.84. The van der Waals surface area contributed by atoms with Gasteiger partial charge >= 0.3 is 0 Å². The number of hydrogen-bond donors (Lipinski definition) is 2. The van der Waals surface area contributed by atoms with E-state index in [1.165, 1.54) is 0 Å². The van der Waals surface area contributed by atoms with Gasteiger partial charge in [-0.3, -0.25) is 4.79 Å². The lowest BCUT2D eigenvalue weighted by molar-refractivity contribution is -0.116. The second kappa shape index (κ2) is 5.85. The van der Waals surface area contributed by atoms with Crippen molar-refractivity contribution in [2.24, 2.45) is 0 Å². The topological polar surface area (TPSA) is 85.8 Å². The van der Waals surface area contributed by atoms with Crippen molar-refractivity contribution in [3.63, 3.8) is 0 Å². The highest BCUT2D eigenvalue weighted by Crippen LogP contribution is 2.17. The number of carbonyl (C=O) groups is 1. The Hall–Kier alpha value is -2.89. The van der Waals surface area contributed by atoms with Crippen molar-refractivity contribution in [2.45, 2.75) is 19.9 Å². The number of aryl methyl sites for hydroxylation is 1. The third-order valence-corrected chi connectivity index (χ3v) is 3.49. The molecule has 112 valence electrons. The summed E-state index contributed by atoms with van der Waals surface area (Å²) in [5.41, 5.74) is 8.63. The molecule has 3 N–H and O–H groups in total. The molecule has 2 aromatic heterocycles. The van der Waals surface area contributed by atoms with Crippen LogP contribution in [0.25, 0.3) is 11.0 Å². The maximum atomic E-state index is 12.2. The molecule has 0 saturated heterocycles. The van der Waals surface area contributed by atoms with Crippen molar-refractivity contribution in [2.75, 3.05) is 11.1 Å². The fraction of sp³-hybridized carbons (Fsp3) is 0.188. The van der Waals surface area contributed by atoms with Crippen LogP contribution in [0.3, 0.4) is 0 Å². The molecule has 6 heteroatoms. The van der Waals surface area contributed by atoms with Gasteiger partial charge in [-0.25, -0.2) is 9.97 Å². The zero-order valence-electron chi connectivity index (χ0n) is 12.3. The number of imidazole rings is 1. The van der Waals surface area contributed by atoms with Gasteiger partial charge in [-0.2, -0.15) is 0 Å². The number of benzene rings is 1. The van der Waals surface area contributed by atoms with Crippen LogP contribution in [0.1, 0.15) is 12.5 Å². The molecular formula is C16H17N5O. The van der Waals surface area contributed by atoms with E-state index in [-0.39, 0.29) is 12.5 Å². The van der Waals surface area contributed by atoms with Gasteiger partial charge in [-0.15, -0.1) is 0 Å². The van der Waals surface area contributed by atoms with Crippen molar-refractivity contribution in [1.29, 1.82) is 0 Å². The van der Waals surface area contributed by atoms with Crippen LogP contribution in [0.4, 0.5) is 11.8 Å². The van der Waals surface area contributed by atoms with Gasteiger partial charge in [-0.05, 0) is 30.2 Å². The van der Waals surface area contributed by atoms with Gasteiger partial charge in [0.1, 0.15) is 12.4 Å². The normalized spacial score (nSPS) is 10.8. The fourth-order valence-corrected chi connectivity index (χ4v) is 2.29. The summed E-state index contributed by atoms with van der Waals surface area (Å²) in [6.07, 6.45) is 2.68. The van der Waals surface area contributed by atoms with E-state index in [1.54, 1.807) is 16.8 Å². The van der Waals surface area contributed by atoms with Crippen molar-refractivity contribution >= 4 is 28.7 Å². The van der Waals surface area contributed by atoms with Gasteiger partial charge in [0, 0.05) is 6.20 Å². The number of rotatable bonds is 4. The van der Waals surface area contributed by atoms with Gasteiger partial charge in [0.05, 0.1) is 11.0 Å². The fourth-order valence-electron chi connectivity index (χ4n) is 2.29. The number of carbonyl (C=O) groups excluding carboxylic acids is 1. The molecule has 1 aromatic carbocycles. The Morgan fingerprint density at radius 3 is 2.82 bits per heavy atom. The molecule has 22 heavy (non-hydrogen) atoms. The summed E-state index contributed by atoms with van der Waals surface area (Å²) in [6.45, 7) is 2.16. The van der Waals surface area contributed by atoms with Crippen LogP contribution in [0.15, 0.2) is 42.6 Å². The van der Waals surface area contributed by atoms with Crippen LogP contribution in [0.2, 0.25) is 0 Å². The number of nitrogens with zero attached hydrogens (tertiary/aromatic N) is 3. The summed E-state index contributed by atoms with van der Waals surface area (Å²) in [7, 11) is 0. The zero-order chi connectivity index (χ0) is 15.5. The third kappa shape index (κ3) is 2.76. The molecule has 0 unspecified atom stereocenters. The molecule has 0 spiro atoms. The second-order valence-corrected chi connectivity index (χ2v) is 5.00. The SMILES string of the molecule is CCc1ccc(NC(=O)Cn2c(N)nc3ccccc32)nc1. The minimum Gasteiger partial charge on any atom is -0.369 e. The molecule has 2 heterocycles. The van der Waals surface area contributed by atoms with E-state index in [0.717, 1.165) is 23.0 Å². The van der Waals surface area contributed by atoms with Crippen LogP contribution in [0, 0.1) is 0 Å². The lowest BCUT2D eigenvalue weighted by Crippen LogP contribution is -2.20. The Morgan fingerprint density at radius 2 is 2.09 bits per heavy atom. The zero-order valence-corrected chi connectivity index (χ0v) is 12.3. The molecular weight excluding hydrogens is 278 g/mol. The first-order valence-corrected chi connectivity index (χ1v) is 7.13. The average molecular weight is 295 g/mol. The number of fused-ring (bicyclic) bond motifs is 1. The first-order chi connectivity index (χ1) is 10.7. The van der Waals surface area contributed by atoms with E-state index in [2.05, 4.69) is 22.2 Å². The molecule has 0 radical (unpaired) electrons. The second-order valence-electron chi connectivity index (χ2n) is 5.00. The highest BCUT2D eigenvalue weighted by Gasteiger charge is 2.11. The molecule has 3 rings (SSSR count). The van der Waals surface area contributed by atoms with E-state index in [1.807, 2.05) is 30.3 Å². The number of aromatic nitrogens is 3. The number of nitrogen functional groups attached to an aromatic ring is 1. The summed E-state index contributed by atoms with van der Waals surface area (Å²) in [5.74, 6) is 0.669. The highest BCUT2D eigenvalue weighted by molar-refractivity contribution is 5.91. The van der Waals surface area contributed by atoms with E-state index in [9.17, 15) is 4.79 Å². The third-order valence-electron chi connectivity index (χ3n) is 3.49. The number of nitrogens with two attached hydrogens (primary N) is 1. The Kier molecular flexibility index (Phi) is 3.74. The lowest BCUT2D eigenvalue weighted by atomic mass is 10.2. The molecule has 0 saturated carbocycles. The number of anilines is 2. The van der Waals surface area contributed by atoms with Crippen molar-refractivity contribution in [3.8, 4) is 0 Å². The molecule has 0 aliphatic rings. The minimum absolute atomic E-state index is 0.101.